The van der Waals surface area contributed by atoms with Crippen LogP contribution in [0.5, 0.6) is 0 Å². The second-order valence-corrected chi connectivity index (χ2v) is 6.23. The molecule has 0 unspecified atom stereocenters. The van der Waals surface area contributed by atoms with Crippen LogP contribution in [-0.2, 0) is 10.0 Å². The fourth-order valence-corrected chi connectivity index (χ4v) is 2.62. The number of primary sulfonamides is 1. The molecule has 0 bridgehead atoms. The lowest BCUT2D eigenvalue weighted by Crippen LogP contribution is -2.46. The number of nitrogen functional groups attached to an aromatic ring is 1. The maximum atomic E-state index is 11.3. The Labute approximate surface area is 113 Å². The van der Waals surface area contributed by atoms with Gasteiger partial charge in [0.05, 0.1) is 11.4 Å². The van der Waals surface area contributed by atoms with E-state index in [1.807, 2.05) is 0 Å². The summed E-state index contributed by atoms with van der Waals surface area (Å²) in [6.07, 6.45) is 0. The van der Waals surface area contributed by atoms with Crippen molar-refractivity contribution in [3.05, 3.63) is 18.2 Å². The zero-order chi connectivity index (χ0) is 14.0. The molecule has 0 atom stereocenters. The summed E-state index contributed by atoms with van der Waals surface area (Å²) >= 11 is 0. The summed E-state index contributed by atoms with van der Waals surface area (Å²) in [4.78, 5) is 2.20. The maximum Gasteiger partial charge on any atom is 0.240 e. The normalized spacial score (nSPS) is 18.4. The van der Waals surface area contributed by atoms with Crippen LogP contribution in [0.2, 0.25) is 0 Å². The standard InChI is InChI=1S/C11H19N5O2S/c1-15-4-6-16(7-5-15)14-9-2-3-11(10(12)8-9)19(13,17)18/h2-3,8,14H,4-7,12H2,1H3,(H2,13,17,18). The number of nitrogens with one attached hydrogen (secondary N) is 1. The van der Waals surface area contributed by atoms with Crippen LogP contribution in [0, 0.1) is 0 Å². The van der Waals surface area contributed by atoms with E-state index in [0.717, 1.165) is 31.9 Å². The summed E-state index contributed by atoms with van der Waals surface area (Å²) in [5.74, 6) is 0. The lowest BCUT2D eigenvalue weighted by molar-refractivity contribution is 0.179. The molecule has 1 aromatic carbocycles. The number of anilines is 2. The first kappa shape index (κ1) is 14.1. The average molecular weight is 285 g/mol. The molecule has 5 N–H and O–H groups in total. The topological polar surface area (TPSA) is 105 Å². The van der Waals surface area contributed by atoms with E-state index in [-0.39, 0.29) is 10.6 Å². The molecule has 19 heavy (non-hydrogen) atoms. The van der Waals surface area contributed by atoms with Gasteiger partial charge in [-0.05, 0) is 25.2 Å². The van der Waals surface area contributed by atoms with Crippen LogP contribution < -0.4 is 16.3 Å². The van der Waals surface area contributed by atoms with Crippen LogP contribution in [-0.4, -0.2) is 51.6 Å². The van der Waals surface area contributed by atoms with Crippen LogP contribution in [0.1, 0.15) is 0 Å². The molecule has 0 aromatic heterocycles. The molecule has 1 saturated heterocycles. The van der Waals surface area contributed by atoms with Gasteiger partial charge in [-0.1, -0.05) is 0 Å². The third kappa shape index (κ3) is 3.57. The van der Waals surface area contributed by atoms with E-state index in [2.05, 4.69) is 22.4 Å². The Bertz CT molecular complexity index is 552. The van der Waals surface area contributed by atoms with Crippen molar-refractivity contribution in [2.75, 3.05) is 44.4 Å². The van der Waals surface area contributed by atoms with E-state index in [4.69, 9.17) is 10.9 Å². The molecule has 106 valence electrons. The molecule has 7 nitrogen and oxygen atoms in total. The smallest absolute Gasteiger partial charge is 0.240 e. The van der Waals surface area contributed by atoms with E-state index < -0.39 is 10.0 Å². The minimum absolute atomic E-state index is 0.0450. The SMILES string of the molecule is CN1CCN(Nc2ccc(S(N)(=O)=O)c(N)c2)CC1. The van der Waals surface area contributed by atoms with E-state index >= 15 is 0 Å². The highest BCUT2D eigenvalue weighted by Crippen LogP contribution is 2.21. The third-order valence-corrected chi connectivity index (χ3v) is 4.09. The molecule has 1 fully saturated rings. The van der Waals surface area contributed by atoms with Crippen molar-refractivity contribution >= 4 is 21.4 Å². The molecule has 1 heterocycles. The van der Waals surface area contributed by atoms with E-state index in [9.17, 15) is 8.42 Å². The van der Waals surface area contributed by atoms with Gasteiger partial charge in [-0.2, -0.15) is 0 Å². The molecular weight excluding hydrogens is 266 g/mol. The number of sulfonamides is 1. The second-order valence-electron chi connectivity index (χ2n) is 4.70. The molecule has 0 radical (unpaired) electrons. The van der Waals surface area contributed by atoms with Crippen LogP contribution >= 0.6 is 0 Å². The van der Waals surface area contributed by atoms with Gasteiger partial charge in [0.1, 0.15) is 4.90 Å². The highest BCUT2D eigenvalue weighted by Gasteiger charge is 2.15. The Hall–Kier alpha value is -1.35. The van der Waals surface area contributed by atoms with Crippen molar-refractivity contribution in [1.29, 1.82) is 0 Å². The second kappa shape index (κ2) is 5.33. The lowest BCUT2D eigenvalue weighted by Gasteiger charge is -2.33. The molecule has 0 aliphatic carbocycles. The summed E-state index contributed by atoms with van der Waals surface area (Å²) in [5.41, 5.74) is 9.83. The predicted molar refractivity (Wildman–Crippen MR) is 74.9 cm³/mol. The van der Waals surface area contributed by atoms with Gasteiger partial charge < -0.3 is 16.1 Å². The maximum absolute atomic E-state index is 11.3. The van der Waals surface area contributed by atoms with Crippen molar-refractivity contribution in [3.63, 3.8) is 0 Å². The Morgan fingerprint density at radius 2 is 1.84 bits per heavy atom. The van der Waals surface area contributed by atoms with Gasteiger partial charge in [0.15, 0.2) is 0 Å². The lowest BCUT2D eigenvalue weighted by atomic mass is 10.3. The first-order valence-corrected chi connectivity index (χ1v) is 7.53. The number of nitrogens with two attached hydrogens (primary N) is 2. The molecule has 2 rings (SSSR count). The number of rotatable bonds is 3. The largest absolute Gasteiger partial charge is 0.398 e. The molecule has 1 aromatic rings. The monoisotopic (exact) mass is 285 g/mol. The van der Waals surface area contributed by atoms with Gasteiger partial charge in [0, 0.05) is 26.2 Å². The van der Waals surface area contributed by atoms with Crippen LogP contribution in [0.15, 0.2) is 23.1 Å². The number of piperazine rings is 1. The Morgan fingerprint density at radius 3 is 2.37 bits per heavy atom. The predicted octanol–water partition coefficient (Wildman–Crippen LogP) is -0.509. The number of nitrogens with zero attached hydrogens (tertiary/aromatic N) is 2. The van der Waals surface area contributed by atoms with Crippen molar-refractivity contribution < 1.29 is 8.42 Å². The van der Waals surface area contributed by atoms with E-state index in [1.165, 1.54) is 6.07 Å². The summed E-state index contributed by atoms with van der Waals surface area (Å²) in [6, 6.07) is 4.66. The number of hydrogen-bond donors (Lipinski definition) is 3. The molecular formula is C11H19N5O2S. The average Bonchev–Trinajstić information content (AvgIpc) is 2.30. The first-order valence-electron chi connectivity index (χ1n) is 5.99. The van der Waals surface area contributed by atoms with Crippen LogP contribution in [0.4, 0.5) is 11.4 Å². The van der Waals surface area contributed by atoms with Gasteiger partial charge >= 0.3 is 0 Å². The Morgan fingerprint density at radius 1 is 1.21 bits per heavy atom. The highest BCUT2D eigenvalue weighted by atomic mass is 32.2. The van der Waals surface area contributed by atoms with E-state index in [0.29, 0.717) is 0 Å². The van der Waals surface area contributed by atoms with Crippen molar-refractivity contribution in [3.8, 4) is 0 Å². The fourth-order valence-electron chi connectivity index (χ4n) is 1.98. The fraction of sp³-hybridized carbons (Fsp3) is 0.455. The van der Waals surface area contributed by atoms with Gasteiger partial charge in [0.25, 0.3) is 0 Å². The summed E-state index contributed by atoms with van der Waals surface area (Å²) in [6.45, 7) is 3.76. The number of hydrazine groups is 1. The van der Waals surface area contributed by atoms with Crippen molar-refractivity contribution in [2.24, 2.45) is 5.14 Å². The Balaban J connectivity index is 2.08. The number of hydrogen-bond acceptors (Lipinski definition) is 6. The summed E-state index contributed by atoms with van der Waals surface area (Å²) < 4.78 is 22.5. The quantitative estimate of drug-likeness (QED) is 0.646. The summed E-state index contributed by atoms with van der Waals surface area (Å²) in [5, 5.41) is 7.14. The molecule has 0 saturated carbocycles. The number of likely N-dealkylation sites (N-methyl/N-ethyl adjacent to an activating group) is 1. The molecule has 8 heteroatoms. The van der Waals surface area contributed by atoms with Crippen molar-refractivity contribution in [2.45, 2.75) is 4.90 Å². The van der Waals surface area contributed by atoms with Gasteiger partial charge in [0.2, 0.25) is 10.0 Å². The number of benzene rings is 1. The zero-order valence-electron chi connectivity index (χ0n) is 10.8. The highest BCUT2D eigenvalue weighted by molar-refractivity contribution is 7.89. The molecule has 1 aliphatic rings. The van der Waals surface area contributed by atoms with Crippen LogP contribution in [0.3, 0.4) is 0 Å². The van der Waals surface area contributed by atoms with E-state index in [1.54, 1.807) is 12.1 Å². The molecule has 0 amide bonds. The first-order chi connectivity index (χ1) is 8.86. The van der Waals surface area contributed by atoms with Crippen molar-refractivity contribution in [1.82, 2.24) is 9.91 Å². The van der Waals surface area contributed by atoms with Crippen LogP contribution in [0.25, 0.3) is 0 Å². The van der Waals surface area contributed by atoms with Gasteiger partial charge in [-0.15, -0.1) is 0 Å². The summed E-state index contributed by atoms with van der Waals surface area (Å²) in [7, 11) is -1.68. The zero-order valence-corrected chi connectivity index (χ0v) is 11.7. The molecule has 1 aliphatic heterocycles. The molecule has 0 spiro atoms. The van der Waals surface area contributed by atoms with Gasteiger partial charge in [-0.3, -0.25) is 0 Å². The minimum Gasteiger partial charge on any atom is -0.398 e. The third-order valence-electron chi connectivity index (χ3n) is 3.11. The Kier molecular flexibility index (Phi) is 3.95. The van der Waals surface area contributed by atoms with Gasteiger partial charge in [-0.25, -0.2) is 18.6 Å². The minimum atomic E-state index is -3.76.